The van der Waals surface area contributed by atoms with Gasteiger partial charge in [-0.25, -0.2) is 0 Å². The van der Waals surface area contributed by atoms with Gasteiger partial charge < -0.3 is 4.74 Å². The number of aryl methyl sites for hydroxylation is 2. The molecule has 0 saturated heterocycles. The number of hydrogen-bond acceptors (Lipinski definition) is 2. The number of hydrogen-bond donors (Lipinski definition) is 0. The van der Waals surface area contributed by atoms with Gasteiger partial charge in [0.15, 0.2) is 0 Å². The van der Waals surface area contributed by atoms with Crippen molar-refractivity contribution in [3.05, 3.63) is 50.1 Å². The highest BCUT2D eigenvalue weighted by Gasteiger charge is 2.11. The Bertz CT molecular complexity index is 533. The predicted octanol–water partition coefficient (Wildman–Crippen LogP) is 4.58. The van der Waals surface area contributed by atoms with Crippen LogP contribution in [0.4, 0.5) is 0 Å². The minimum atomic E-state index is 0.662. The van der Waals surface area contributed by atoms with Gasteiger partial charge >= 0.3 is 0 Å². The first-order chi connectivity index (χ1) is 8.31. The first-order valence-electron chi connectivity index (χ1n) is 5.79. The van der Waals surface area contributed by atoms with Crippen LogP contribution in [0.2, 0.25) is 0 Å². The smallest absolute Gasteiger partial charge is 0.122 e. The van der Waals surface area contributed by atoms with Gasteiger partial charge in [0, 0.05) is 14.7 Å². The molecule has 0 amide bonds. The Hall–Kier alpha value is -0.800. The van der Waals surface area contributed by atoms with Crippen LogP contribution in [0.3, 0.4) is 0 Å². The molecule has 3 heteroatoms. The fourth-order valence-electron chi connectivity index (χ4n) is 2.22. The van der Waals surface area contributed by atoms with Crippen LogP contribution in [0.1, 0.15) is 22.4 Å². The summed E-state index contributed by atoms with van der Waals surface area (Å²) in [7, 11) is 0. The van der Waals surface area contributed by atoms with E-state index in [1.807, 2.05) is 0 Å². The molecule has 2 aromatic rings. The highest BCUT2D eigenvalue weighted by Crippen LogP contribution is 2.27. The molecule has 1 aliphatic rings. The second kappa shape index (κ2) is 4.83. The lowest BCUT2D eigenvalue weighted by Crippen LogP contribution is -1.94. The molecular weight excluding hydrogens is 296 g/mol. The van der Waals surface area contributed by atoms with Crippen LogP contribution in [0.5, 0.6) is 5.75 Å². The van der Waals surface area contributed by atoms with Crippen molar-refractivity contribution in [2.45, 2.75) is 25.9 Å². The van der Waals surface area contributed by atoms with Crippen LogP contribution in [0.25, 0.3) is 0 Å². The normalized spacial score (nSPS) is 13.7. The predicted molar refractivity (Wildman–Crippen MR) is 74.8 cm³/mol. The van der Waals surface area contributed by atoms with Gasteiger partial charge in [0.25, 0.3) is 0 Å². The van der Waals surface area contributed by atoms with Gasteiger partial charge in [0.2, 0.25) is 0 Å². The van der Waals surface area contributed by atoms with Gasteiger partial charge in [0.05, 0.1) is 0 Å². The summed E-state index contributed by atoms with van der Waals surface area (Å²) >= 11 is 5.18. The van der Waals surface area contributed by atoms with Crippen molar-refractivity contribution in [3.8, 4) is 5.75 Å². The van der Waals surface area contributed by atoms with Gasteiger partial charge in [-0.2, -0.15) is 0 Å². The van der Waals surface area contributed by atoms with Crippen molar-refractivity contribution in [1.82, 2.24) is 0 Å². The van der Waals surface area contributed by atoms with Crippen molar-refractivity contribution in [1.29, 1.82) is 0 Å². The van der Waals surface area contributed by atoms with Gasteiger partial charge in [-0.3, -0.25) is 0 Å². The van der Waals surface area contributed by atoms with Crippen LogP contribution in [-0.4, -0.2) is 0 Å². The van der Waals surface area contributed by atoms with Crippen molar-refractivity contribution in [2.24, 2.45) is 0 Å². The number of ether oxygens (including phenoxy) is 1. The first-order valence-corrected chi connectivity index (χ1v) is 7.46. The fraction of sp³-hybridized carbons (Fsp3) is 0.286. The van der Waals surface area contributed by atoms with Crippen LogP contribution in [0, 0.1) is 0 Å². The van der Waals surface area contributed by atoms with E-state index in [0.717, 1.165) is 10.2 Å². The van der Waals surface area contributed by atoms with E-state index in [2.05, 4.69) is 45.6 Å². The van der Waals surface area contributed by atoms with Gasteiger partial charge in [-0.1, -0.05) is 6.07 Å². The topological polar surface area (TPSA) is 9.23 Å². The molecule has 3 rings (SSSR count). The molecule has 1 aromatic carbocycles. The van der Waals surface area contributed by atoms with Crippen LogP contribution in [-0.2, 0) is 19.4 Å². The van der Waals surface area contributed by atoms with Gasteiger partial charge in [0.1, 0.15) is 12.4 Å². The zero-order valence-electron chi connectivity index (χ0n) is 9.41. The average molecular weight is 309 g/mol. The number of halogens is 1. The number of fused-ring (bicyclic) bond motifs is 1. The fourth-order valence-corrected chi connectivity index (χ4v) is 3.58. The SMILES string of the molecule is Brc1csc(COc2ccc3c(c2)CCC3)c1. The Kier molecular flexibility index (Phi) is 3.21. The lowest BCUT2D eigenvalue weighted by atomic mass is 10.1. The third kappa shape index (κ3) is 2.55. The molecule has 0 fully saturated rings. The second-order valence-corrected chi connectivity index (χ2v) is 6.22. The molecule has 88 valence electrons. The number of benzene rings is 1. The third-order valence-corrected chi connectivity index (χ3v) is 4.74. The highest BCUT2D eigenvalue weighted by molar-refractivity contribution is 9.10. The molecule has 0 bridgehead atoms. The maximum atomic E-state index is 5.82. The molecule has 1 aliphatic carbocycles. The molecule has 0 spiro atoms. The van der Waals surface area contributed by atoms with E-state index in [1.54, 1.807) is 11.3 Å². The van der Waals surface area contributed by atoms with E-state index in [4.69, 9.17) is 4.74 Å². The lowest BCUT2D eigenvalue weighted by Gasteiger charge is -2.06. The van der Waals surface area contributed by atoms with E-state index in [9.17, 15) is 0 Å². The largest absolute Gasteiger partial charge is 0.488 e. The molecular formula is C14H13BrOS. The minimum absolute atomic E-state index is 0.662. The quantitative estimate of drug-likeness (QED) is 0.806. The maximum absolute atomic E-state index is 5.82. The van der Waals surface area contributed by atoms with Crippen molar-refractivity contribution < 1.29 is 4.74 Å². The Balaban J connectivity index is 1.69. The van der Waals surface area contributed by atoms with E-state index < -0.39 is 0 Å². The Morgan fingerprint density at radius 3 is 2.88 bits per heavy atom. The molecule has 0 N–H and O–H groups in total. The molecule has 0 unspecified atom stereocenters. The summed E-state index contributed by atoms with van der Waals surface area (Å²) in [5.41, 5.74) is 2.96. The van der Waals surface area contributed by atoms with Gasteiger partial charge in [-0.05, 0) is 64.5 Å². The summed E-state index contributed by atoms with van der Waals surface area (Å²) in [5.74, 6) is 0.996. The average Bonchev–Trinajstić information content (AvgIpc) is 2.94. The Morgan fingerprint density at radius 2 is 2.06 bits per heavy atom. The molecule has 0 saturated carbocycles. The van der Waals surface area contributed by atoms with Crippen molar-refractivity contribution in [2.75, 3.05) is 0 Å². The summed E-state index contributed by atoms with van der Waals surface area (Å²) in [6.45, 7) is 0.662. The molecule has 0 atom stereocenters. The summed E-state index contributed by atoms with van der Waals surface area (Å²) in [5, 5.41) is 2.08. The first kappa shape index (κ1) is 11.3. The highest BCUT2D eigenvalue weighted by atomic mass is 79.9. The van der Waals surface area contributed by atoms with E-state index in [0.29, 0.717) is 6.61 Å². The maximum Gasteiger partial charge on any atom is 0.122 e. The zero-order valence-corrected chi connectivity index (χ0v) is 11.8. The summed E-state index contributed by atoms with van der Waals surface area (Å²) < 4.78 is 6.95. The molecule has 1 nitrogen and oxygen atoms in total. The molecule has 17 heavy (non-hydrogen) atoms. The number of rotatable bonds is 3. The van der Waals surface area contributed by atoms with Crippen LogP contribution < -0.4 is 4.74 Å². The standard InChI is InChI=1S/C14H13BrOS/c15-12-7-14(17-9-12)8-16-13-5-4-10-2-1-3-11(10)6-13/h4-7,9H,1-3,8H2. The molecule has 0 radical (unpaired) electrons. The van der Waals surface area contributed by atoms with Crippen molar-refractivity contribution in [3.63, 3.8) is 0 Å². The second-order valence-electron chi connectivity index (χ2n) is 4.30. The molecule has 0 aliphatic heterocycles. The van der Waals surface area contributed by atoms with Crippen LogP contribution in [0.15, 0.2) is 34.1 Å². The Labute approximate surface area is 114 Å². The van der Waals surface area contributed by atoms with Gasteiger partial charge in [-0.15, -0.1) is 11.3 Å². The number of thiophene rings is 1. The van der Waals surface area contributed by atoms with E-state index in [-0.39, 0.29) is 0 Å². The van der Waals surface area contributed by atoms with Crippen LogP contribution >= 0.6 is 27.3 Å². The van der Waals surface area contributed by atoms with Crippen molar-refractivity contribution >= 4 is 27.3 Å². The zero-order chi connectivity index (χ0) is 11.7. The molecule has 1 heterocycles. The third-order valence-electron chi connectivity index (χ3n) is 3.07. The summed E-state index contributed by atoms with van der Waals surface area (Å²) in [4.78, 5) is 1.25. The summed E-state index contributed by atoms with van der Waals surface area (Å²) in [6, 6.07) is 8.61. The Morgan fingerprint density at radius 1 is 1.18 bits per heavy atom. The lowest BCUT2D eigenvalue weighted by molar-refractivity contribution is 0.309. The summed E-state index contributed by atoms with van der Waals surface area (Å²) in [6.07, 6.45) is 3.72. The minimum Gasteiger partial charge on any atom is -0.488 e. The van der Waals surface area contributed by atoms with E-state index in [1.165, 1.54) is 35.3 Å². The monoisotopic (exact) mass is 308 g/mol. The molecule has 1 aromatic heterocycles. The van der Waals surface area contributed by atoms with E-state index >= 15 is 0 Å².